The molecule has 0 aliphatic carbocycles. The molecule has 0 spiro atoms. The Balaban J connectivity index is 3.01. The minimum atomic E-state index is -1.57. The van der Waals surface area contributed by atoms with E-state index >= 15 is 0 Å². The molecule has 0 saturated carbocycles. The Morgan fingerprint density at radius 3 is 2.78 bits per heavy atom. The predicted octanol–water partition coefficient (Wildman–Crippen LogP) is 0.707. The van der Waals surface area contributed by atoms with Gasteiger partial charge in [-0.25, -0.2) is 0 Å². The van der Waals surface area contributed by atoms with E-state index in [1.54, 1.807) is 6.66 Å². The molecule has 2 unspecified atom stereocenters. The number of alkyl halides is 1. The zero-order valence-corrected chi connectivity index (χ0v) is 6.89. The molecule has 0 heterocycles. The summed E-state index contributed by atoms with van der Waals surface area (Å²) in [6, 6.07) is 0. The molecule has 0 radical (unpaired) electrons. The molecule has 0 amide bonds. The van der Waals surface area contributed by atoms with Crippen LogP contribution in [0, 0.1) is 0 Å². The van der Waals surface area contributed by atoms with E-state index in [0.717, 1.165) is 0 Å². The van der Waals surface area contributed by atoms with Crippen LogP contribution in [0.15, 0.2) is 0 Å². The normalized spacial score (nSPS) is 17.2. The SMILES string of the molecule is C[PH](=O)COCC(O)Cl. The Kier molecular flexibility index (Phi) is 5.50. The molecule has 9 heavy (non-hydrogen) atoms. The molecule has 0 aliphatic rings. The lowest BCUT2D eigenvalue weighted by Gasteiger charge is -2.01. The number of halogens is 1. The van der Waals surface area contributed by atoms with Gasteiger partial charge in [0.1, 0.15) is 0 Å². The summed E-state index contributed by atoms with van der Waals surface area (Å²) in [5.74, 6) is 0. The smallest absolute Gasteiger partial charge is 0.151 e. The van der Waals surface area contributed by atoms with Gasteiger partial charge in [0.05, 0.1) is 20.8 Å². The summed E-state index contributed by atoms with van der Waals surface area (Å²) >= 11 is 5.10. The first-order chi connectivity index (χ1) is 4.13. The Hall–Kier alpha value is 0.440. The van der Waals surface area contributed by atoms with Gasteiger partial charge in [0.25, 0.3) is 0 Å². The summed E-state index contributed by atoms with van der Waals surface area (Å²) in [4.78, 5) is 0. The van der Waals surface area contributed by atoms with Crippen LogP contribution in [0.4, 0.5) is 0 Å². The zero-order chi connectivity index (χ0) is 7.28. The number of aliphatic hydroxyl groups excluding tert-OH is 1. The largest absolute Gasteiger partial charge is 0.375 e. The molecule has 5 heteroatoms. The van der Waals surface area contributed by atoms with Crippen LogP contribution < -0.4 is 0 Å². The average Bonchev–Trinajstić information content (AvgIpc) is 1.63. The number of hydrogen-bond donors (Lipinski definition) is 1. The van der Waals surface area contributed by atoms with Gasteiger partial charge in [-0.1, -0.05) is 11.6 Å². The van der Waals surface area contributed by atoms with Crippen molar-refractivity contribution in [1.82, 2.24) is 0 Å². The van der Waals surface area contributed by atoms with Gasteiger partial charge in [-0.3, -0.25) is 0 Å². The molecule has 0 aliphatic heterocycles. The Labute approximate surface area is 59.7 Å². The summed E-state index contributed by atoms with van der Waals surface area (Å²) in [5.41, 5.74) is -0.980. The van der Waals surface area contributed by atoms with Crippen molar-refractivity contribution in [3.05, 3.63) is 0 Å². The van der Waals surface area contributed by atoms with Crippen LogP contribution in [0.5, 0.6) is 0 Å². The van der Waals surface area contributed by atoms with Gasteiger partial charge in [0, 0.05) is 0 Å². The van der Waals surface area contributed by atoms with Gasteiger partial charge < -0.3 is 14.4 Å². The van der Waals surface area contributed by atoms with Crippen molar-refractivity contribution in [3.63, 3.8) is 0 Å². The van der Waals surface area contributed by atoms with Crippen molar-refractivity contribution in [2.24, 2.45) is 0 Å². The second-order valence-electron chi connectivity index (χ2n) is 1.65. The maximum absolute atomic E-state index is 10.4. The van der Waals surface area contributed by atoms with Crippen LogP contribution in [0.1, 0.15) is 0 Å². The molecular formula is C4H10ClO3P. The first kappa shape index (κ1) is 9.44. The third-order valence-electron chi connectivity index (χ3n) is 0.561. The number of rotatable bonds is 4. The predicted molar refractivity (Wildman–Crippen MR) is 37.6 cm³/mol. The maximum atomic E-state index is 10.4. The van der Waals surface area contributed by atoms with Crippen LogP contribution >= 0.6 is 19.4 Å². The average molecular weight is 173 g/mol. The molecule has 0 aromatic heterocycles. The molecular weight excluding hydrogens is 162 g/mol. The standard InChI is InChI=1S/C4H10ClO3P/c1-9(7)3-8-2-4(5)6/h4,6,9H,2-3H2,1H3. The molecule has 0 fully saturated rings. The van der Waals surface area contributed by atoms with E-state index in [1.165, 1.54) is 0 Å². The molecule has 1 N–H and O–H groups in total. The van der Waals surface area contributed by atoms with Crippen LogP contribution in [-0.4, -0.2) is 30.3 Å². The third kappa shape index (κ3) is 8.44. The van der Waals surface area contributed by atoms with Crippen molar-refractivity contribution in [1.29, 1.82) is 0 Å². The van der Waals surface area contributed by atoms with E-state index < -0.39 is 13.4 Å². The maximum Gasteiger partial charge on any atom is 0.151 e. The first-order valence-corrected chi connectivity index (χ1v) is 5.07. The summed E-state index contributed by atoms with van der Waals surface area (Å²) in [6.07, 6.45) is 0.203. The molecule has 2 atom stereocenters. The fraction of sp³-hybridized carbons (Fsp3) is 1.00. The monoisotopic (exact) mass is 172 g/mol. The minimum absolute atomic E-state index is 0.0474. The molecule has 0 aromatic carbocycles. The highest BCUT2D eigenvalue weighted by molar-refractivity contribution is 7.43. The quantitative estimate of drug-likeness (QED) is 0.502. The van der Waals surface area contributed by atoms with Gasteiger partial charge in [-0.05, 0) is 6.66 Å². The van der Waals surface area contributed by atoms with Crippen molar-refractivity contribution in [2.75, 3.05) is 19.6 Å². The van der Waals surface area contributed by atoms with E-state index in [9.17, 15) is 4.57 Å². The lowest BCUT2D eigenvalue weighted by Crippen LogP contribution is -2.06. The van der Waals surface area contributed by atoms with Crippen LogP contribution in [0.25, 0.3) is 0 Å². The van der Waals surface area contributed by atoms with Crippen molar-refractivity contribution >= 4 is 19.4 Å². The van der Waals surface area contributed by atoms with Crippen LogP contribution in [-0.2, 0) is 9.30 Å². The topological polar surface area (TPSA) is 46.5 Å². The molecule has 0 saturated heterocycles. The molecule has 3 nitrogen and oxygen atoms in total. The number of aliphatic hydroxyl groups is 1. The fourth-order valence-electron chi connectivity index (χ4n) is 0.300. The lowest BCUT2D eigenvalue weighted by atomic mass is 10.8. The lowest BCUT2D eigenvalue weighted by molar-refractivity contribution is 0.101. The van der Waals surface area contributed by atoms with E-state index in [2.05, 4.69) is 0 Å². The zero-order valence-electron chi connectivity index (χ0n) is 5.13. The van der Waals surface area contributed by atoms with Crippen molar-refractivity contribution < 1.29 is 14.4 Å². The molecule has 56 valence electrons. The highest BCUT2D eigenvalue weighted by Crippen LogP contribution is 2.12. The van der Waals surface area contributed by atoms with Gasteiger partial charge in [-0.2, -0.15) is 0 Å². The highest BCUT2D eigenvalue weighted by Gasteiger charge is 1.97. The van der Waals surface area contributed by atoms with E-state index in [0.29, 0.717) is 0 Å². The molecule has 0 rings (SSSR count). The van der Waals surface area contributed by atoms with Crippen LogP contribution in [0.3, 0.4) is 0 Å². The summed E-state index contributed by atoms with van der Waals surface area (Å²) in [7, 11) is -1.57. The second kappa shape index (κ2) is 5.24. The summed E-state index contributed by atoms with van der Waals surface area (Å²) in [5, 5.41) is 8.41. The summed E-state index contributed by atoms with van der Waals surface area (Å²) in [6.45, 7) is 1.64. The Morgan fingerprint density at radius 1 is 1.89 bits per heavy atom. The van der Waals surface area contributed by atoms with Gasteiger partial charge in [-0.15, -0.1) is 0 Å². The van der Waals surface area contributed by atoms with Gasteiger partial charge in [0.2, 0.25) is 0 Å². The third-order valence-corrected chi connectivity index (χ3v) is 1.30. The number of ether oxygens (including phenoxy) is 1. The molecule has 0 bridgehead atoms. The Morgan fingerprint density at radius 2 is 2.44 bits per heavy atom. The van der Waals surface area contributed by atoms with E-state index in [1.807, 2.05) is 0 Å². The minimum Gasteiger partial charge on any atom is -0.375 e. The van der Waals surface area contributed by atoms with E-state index in [-0.39, 0.29) is 13.0 Å². The highest BCUT2D eigenvalue weighted by atomic mass is 35.5. The van der Waals surface area contributed by atoms with Gasteiger partial charge in [0.15, 0.2) is 5.56 Å². The first-order valence-electron chi connectivity index (χ1n) is 2.52. The Bertz CT molecular complexity index is 95.8. The summed E-state index contributed by atoms with van der Waals surface area (Å²) < 4.78 is 15.1. The fourth-order valence-corrected chi connectivity index (χ4v) is 0.794. The molecule has 0 aromatic rings. The van der Waals surface area contributed by atoms with Crippen molar-refractivity contribution in [3.8, 4) is 0 Å². The number of hydrogen-bond acceptors (Lipinski definition) is 3. The van der Waals surface area contributed by atoms with Crippen LogP contribution in [0.2, 0.25) is 0 Å². The van der Waals surface area contributed by atoms with Gasteiger partial charge >= 0.3 is 0 Å². The van der Waals surface area contributed by atoms with E-state index in [4.69, 9.17) is 21.4 Å². The van der Waals surface area contributed by atoms with Crippen molar-refractivity contribution in [2.45, 2.75) is 5.56 Å². The second-order valence-corrected chi connectivity index (χ2v) is 3.85.